The first-order valence-corrected chi connectivity index (χ1v) is 9.42. The highest BCUT2D eigenvalue weighted by molar-refractivity contribution is 6.08. The van der Waals surface area contributed by atoms with Crippen molar-refractivity contribution in [2.75, 3.05) is 23.8 Å². The summed E-state index contributed by atoms with van der Waals surface area (Å²) in [5, 5.41) is 2.51. The normalized spacial score (nSPS) is 18.9. The first kappa shape index (κ1) is 19.3. The molecule has 1 saturated heterocycles. The van der Waals surface area contributed by atoms with Crippen molar-refractivity contribution in [3.05, 3.63) is 59.2 Å². The predicted octanol–water partition coefficient (Wildman–Crippen LogP) is 4.36. The molecule has 0 aliphatic carbocycles. The van der Waals surface area contributed by atoms with Crippen LogP contribution >= 0.6 is 0 Å². The molecular formula is C21H20F3N3O2. The number of hydrogen-bond donors (Lipinski definition) is 1. The van der Waals surface area contributed by atoms with E-state index in [1.54, 1.807) is 12.1 Å². The van der Waals surface area contributed by atoms with Crippen molar-refractivity contribution in [2.24, 2.45) is 0 Å². The Morgan fingerprint density at radius 3 is 2.69 bits per heavy atom. The predicted molar refractivity (Wildman–Crippen MR) is 103 cm³/mol. The van der Waals surface area contributed by atoms with E-state index < -0.39 is 17.6 Å². The number of piperidine rings is 1. The third-order valence-electron chi connectivity index (χ3n) is 5.50. The first-order valence-electron chi connectivity index (χ1n) is 9.42. The lowest BCUT2D eigenvalue weighted by atomic mass is 9.97. The molecule has 2 aliphatic heterocycles. The van der Waals surface area contributed by atoms with Gasteiger partial charge in [0.25, 0.3) is 11.8 Å². The number of nitrogens with zero attached hydrogens (tertiary/aromatic N) is 2. The van der Waals surface area contributed by atoms with Crippen LogP contribution in [0.5, 0.6) is 0 Å². The maximum Gasteiger partial charge on any atom is 0.416 e. The highest BCUT2D eigenvalue weighted by atomic mass is 19.4. The molecule has 29 heavy (non-hydrogen) atoms. The van der Waals surface area contributed by atoms with E-state index in [9.17, 15) is 22.8 Å². The van der Waals surface area contributed by atoms with Crippen molar-refractivity contribution in [1.29, 1.82) is 0 Å². The Hall–Kier alpha value is -3.03. The van der Waals surface area contributed by atoms with Gasteiger partial charge in [-0.2, -0.15) is 13.2 Å². The molecule has 152 valence electrons. The van der Waals surface area contributed by atoms with Crippen molar-refractivity contribution in [1.82, 2.24) is 4.90 Å². The number of anilines is 2. The number of hydrogen-bond acceptors (Lipinski definition) is 3. The molecule has 2 amide bonds. The van der Waals surface area contributed by atoms with E-state index in [0.717, 1.165) is 31.4 Å². The van der Waals surface area contributed by atoms with Crippen molar-refractivity contribution in [3.63, 3.8) is 0 Å². The SMILES string of the molecule is CN1c2cc(C(=O)Nc3cccc(C(F)(F)F)c3)ccc2C(=O)N2CCCCC21. The molecule has 0 spiro atoms. The zero-order chi connectivity index (χ0) is 20.8. The second-order valence-electron chi connectivity index (χ2n) is 7.35. The van der Waals surface area contributed by atoms with Crippen LogP contribution in [0.3, 0.4) is 0 Å². The fourth-order valence-electron chi connectivity index (χ4n) is 3.99. The summed E-state index contributed by atoms with van der Waals surface area (Å²) in [4.78, 5) is 29.3. The molecule has 0 aromatic heterocycles. The van der Waals surface area contributed by atoms with Crippen LogP contribution in [0, 0.1) is 0 Å². The lowest BCUT2D eigenvalue weighted by Crippen LogP contribution is -2.55. The van der Waals surface area contributed by atoms with Crippen LogP contribution in [0.25, 0.3) is 0 Å². The molecule has 1 N–H and O–H groups in total. The molecule has 0 saturated carbocycles. The van der Waals surface area contributed by atoms with E-state index in [1.807, 2.05) is 16.8 Å². The zero-order valence-electron chi connectivity index (χ0n) is 15.8. The third-order valence-corrected chi connectivity index (χ3v) is 5.50. The van der Waals surface area contributed by atoms with Crippen LogP contribution in [0.2, 0.25) is 0 Å². The largest absolute Gasteiger partial charge is 0.416 e. The van der Waals surface area contributed by atoms with Gasteiger partial charge in [0.1, 0.15) is 6.17 Å². The van der Waals surface area contributed by atoms with Gasteiger partial charge in [0, 0.05) is 24.8 Å². The average molecular weight is 403 g/mol. The molecule has 1 unspecified atom stereocenters. The summed E-state index contributed by atoms with van der Waals surface area (Å²) in [6.45, 7) is 0.713. The summed E-state index contributed by atoms with van der Waals surface area (Å²) in [5.74, 6) is -0.577. The monoisotopic (exact) mass is 403 g/mol. The van der Waals surface area contributed by atoms with Crippen LogP contribution in [0.15, 0.2) is 42.5 Å². The van der Waals surface area contributed by atoms with Crippen LogP contribution in [0.1, 0.15) is 45.5 Å². The van der Waals surface area contributed by atoms with Gasteiger partial charge in [0.2, 0.25) is 0 Å². The maximum absolute atomic E-state index is 12.9. The number of halogens is 3. The average Bonchev–Trinajstić information content (AvgIpc) is 2.71. The third kappa shape index (κ3) is 3.54. The van der Waals surface area contributed by atoms with E-state index in [2.05, 4.69) is 5.32 Å². The number of amides is 2. The summed E-state index contributed by atoms with van der Waals surface area (Å²) in [7, 11) is 1.89. The van der Waals surface area contributed by atoms with E-state index >= 15 is 0 Å². The highest BCUT2D eigenvalue weighted by Crippen LogP contribution is 2.35. The van der Waals surface area contributed by atoms with Crippen molar-refractivity contribution >= 4 is 23.2 Å². The van der Waals surface area contributed by atoms with Crippen LogP contribution in [0.4, 0.5) is 24.5 Å². The Bertz CT molecular complexity index is 974. The Morgan fingerprint density at radius 2 is 1.93 bits per heavy atom. The Balaban J connectivity index is 1.60. The summed E-state index contributed by atoms with van der Waals surface area (Å²) in [6.07, 6.45) is -1.65. The Morgan fingerprint density at radius 1 is 1.14 bits per heavy atom. The molecule has 2 aromatic rings. The first-order chi connectivity index (χ1) is 13.8. The lowest BCUT2D eigenvalue weighted by molar-refractivity contribution is -0.137. The summed E-state index contributed by atoms with van der Waals surface area (Å²) in [5.41, 5.74) is 0.704. The quantitative estimate of drug-likeness (QED) is 0.811. The second-order valence-corrected chi connectivity index (χ2v) is 7.35. The molecule has 2 aromatic carbocycles. The molecule has 0 bridgehead atoms. The molecular weight excluding hydrogens is 383 g/mol. The van der Waals surface area contributed by atoms with Gasteiger partial charge < -0.3 is 15.1 Å². The van der Waals surface area contributed by atoms with Gasteiger partial charge in [0.05, 0.1) is 16.8 Å². The molecule has 1 atom stereocenters. The summed E-state index contributed by atoms with van der Waals surface area (Å²) >= 11 is 0. The summed E-state index contributed by atoms with van der Waals surface area (Å²) < 4.78 is 38.6. The molecule has 5 nitrogen and oxygen atoms in total. The van der Waals surface area contributed by atoms with Crippen LogP contribution < -0.4 is 10.2 Å². The van der Waals surface area contributed by atoms with Crippen molar-refractivity contribution < 1.29 is 22.8 Å². The summed E-state index contributed by atoms with van der Waals surface area (Å²) in [6, 6.07) is 9.26. The van der Waals surface area contributed by atoms with E-state index in [1.165, 1.54) is 18.2 Å². The second kappa shape index (κ2) is 7.09. The maximum atomic E-state index is 12.9. The minimum absolute atomic E-state index is 0.0365. The Kier molecular flexibility index (Phi) is 4.72. The van der Waals surface area contributed by atoms with Gasteiger partial charge in [-0.15, -0.1) is 0 Å². The van der Waals surface area contributed by atoms with Crippen molar-refractivity contribution in [2.45, 2.75) is 31.6 Å². The van der Waals surface area contributed by atoms with Gasteiger partial charge in [-0.1, -0.05) is 6.07 Å². The van der Waals surface area contributed by atoms with Gasteiger partial charge in [0.15, 0.2) is 0 Å². The zero-order valence-corrected chi connectivity index (χ0v) is 15.8. The molecule has 2 aliphatic rings. The fraction of sp³-hybridized carbons (Fsp3) is 0.333. The number of nitrogens with one attached hydrogen (secondary N) is 1. The van der Waals surface area contributed by atoms with Crippen molar-refractivity contribution in [3.8, 4) is 0 Å². The number of benzene rings is 2. The van der Waals surface area contributed by atoms with E-state index in [-0.39, 0.29) is 23.3 Å². The molecule has 0 radical (unpaired) electrons. The number of rotatable bonds is 2. The lowest BCUT2D eigenvalue weighted by Gasteiger charge is -2.46. The minimum atomic E-state index is -4.48. The molecule has 1 fully saturated rings. The van der Waals surface area contributed by atoms with Gasteiger partial charge in [-0.05, 0) is 55.7 Å². The van der Waals surface area contributed by atoms with Gasteiger partial charge in [-0.25, -0.2) is 0 Å². The van der Waals surface area contributed by atoms with E-state index in [0.29, 0.717) is 17.8 Å². The molecule has 2 heterocycles. The van der Waals surface area contributed by atoms with Gasteiger partial charge in [-0.3, -0.25) is 9.59 Å². The number of fused-ring (bicyclic) bond motifs is 2. The van der Waals surface area contributed by atoms with Crippen LogP contribution in [-0.2, 0) is 6.18 Å². The number of carbonyl (C=O) groups is 2. The molecule has 4 rings (SSSR count). The Labute approximate surface area is 166 Å². The standard InChI is InChI=1S/C21H20F3N3O2/c1-26-17-11-13(8-9-16(17)20(29)27-10-3-2-7-18(26)27)19(28)25-15-6-4-5-14(12-15)21(22,23)24/h4-6,8-9,11-12,18H,2-3,7,10H2,1H3,(H,25,28). The highest BCUT2D eigenvalue weighted by Gasteiger charge is 2.37. The van der Waals surface area contributed by atoms with Crippen LogP contribution in [-0.4, -0.2) is 36.5 Å². The number of carbonyl (C=O) groups excluding carboxylic acids is 2. The fourth-order valence-corrected chi connectivity index (χ4v) is 3.99. The minimum Gasteiger partial charge on any atom is -0.354 e. The molecule has 8 heteroatoms. The topological polar surface area (TPSA) is 52.7 Å². The van der Waals surface area contributed by atoms with E-state index in [4.69, 9.17) is 0 Å². The smallest absolute Gasteiger partial charge is 0.354 e. The number of alkyl halides is 3. The van der Waals surface area contributed by atoms with Gasteiger partial charge >= 0.3 is 6.18 Å².